The van der Waals surface area contributed by atoms with Crippen molar-refractivity contribution in [3.63, 3.8) is 0 Å². The van der Waals surface area contributed by atoms with Crippen molar-refractivity contribution in [3.8, 4) is 5.75 Å². The molecule has 1 fully saturated rings. The molecule has 0 unspecified atom stereocenters. The highest BCUT2D eigenvalue weighted by atomic mass is 16.5. The van der Waals surface area contributed by atoms with Gasteiger partial charge in [0.15, 0.2) is 0 Å². The SMILES string of the molecule is CC1CCN(CCOc2ccc(CC(=O)O)cc2)CC1. The summed E-state index contributed by atoms with van der Waals surface area (Å²) in [5.41, 5.74) is 0.801. The topological polar surface area (TPSA) is 49.8 Å². The van der Waals surface area contributed by atoms with E-state index in [1.165, 1.54) is 25.9 Å². The minimum Gasteiger partial charge on any atom is -0.492 e. The van der Waals surface area contributed by atoms with E-state index in [1.54, 1.807) is 0 Å². The summed E-state index contributed by atoms with van der Waals surface area (Å²) in [6.45, 7) is 6.30. The van der Waals surface area contributed by atoms with E-state index in [0.717, 1.165) is 23.8 Å². The molecule has 0 amide bonds. The van der Waals surface area contributed by atoms with Gasteiger partial charge in [0, 0.05) is 6.54 Å². The molecule has 2 rings (SSSR count). The molecule has 0 atom stereocenters. The number of carboxylic acid groups (broad SMARTS) is 1. The first-order valence-electron chi connectivity index (χ1n) is 7.29. The van der Waals surface area contributed by atoms with E-state index in [1.807, 2.05) is 24.3 Å². The Labute approximate surface area is 120 Å². The molecule has 20 heavy (non-hydrogen) atoms. The molecule has 0 radical (unpaired) electrons. The molecule has 0 aromatic heterocycles. The molecule has 4 heteroatoms. The third kappa shape index (κ3) is 4.85. The number of likely N-dealkylation sites (tertiary alicyclic amines) is 1. The summed E-state index contributed by atoms with van der Waals surface area (Å²) in [7, 11) is 0. The predicted molar refractivity (Wildman–Crippen MR) is 78.1 cm³/mol. The van der Waals surface area contributed by atoms with Gasteiger partial charge in [0.05, 0.1) is 6.42 Å². The molecule has 0 spiro atoms. The van der Waals surface area contributed by atoms with Crippen LogP contribution in [0.2, 0.25) is 0 Å². The van der Waals surface area contributed by atoms with Gasteiger partial charge in [0.25, 0.3) is 0 Å². The number of aliphatic carboxylic acids is 1. The van der Waals surface area contributed by atoms with Crippen molar-refractivity contribution in [2.45, 2.75) is 26.2 Å². The minimum atomic E-state index is -0.807. The Hall–Kier alpha value is -1.55. The van der Waals surface area contributed by atoms with Crippen molar-refractivity contribution in [2.24, 2.45) is 5.92 Å². The molecular formula is C16H23NO3. The normalized spacial score (nSPS) is 17.1. The number of nitrogens with zero attached hydrogens (tertiary/aromatic N) is 1. The van der Waals surface area contributed by atoms with E-state index in [4.69, 9.17) is 9.84 Å². The van der Waals surface area contributed by atoms with Gasteiger partial charge >= 0.3 is 5.97 Å². The first kappa shape index (κ1) is 14.9. The van der Waals surface area contributed by atoms with E-state index >= 15 is 0 Å². The summed E-state index contributed by atoms with van der Waals surface area (Å²) in [5, 5.41) is 8.70. The van der Waals surface area contributed by atoms with Gasteiger partial charge in [-0.25, -0.2) is 0 Å². The summed E-state index contributed by atoms with van der Waals surface area (Å²) in [6.07, 6.45) is 2.63. The van der Waals surface area contributed by atoms with Gasteiger partial charge < -0.3 is 9.84 Å². The lowest BCUT2D eigenvalue weighted by atomic mass is 9.99. The molecule has 1 aliphatic rings. The Morgan fingerprint density at radius 1 is 1.30 bits per heavy atom. The average molecular weight is 277 g/mol. The second-order valence-electron chi connectivity index (χ2n) is 5.59. The van der Waals surface area contributed by atoms with Crippen molar-refractivity contribution in [1.29, 1.82) is 0 Å². The largest absolute Gasteiger partial charge is 0.492 e. The lowest BCUT2D eigenvalue weighted by Crippen LogP contribution is -2.35. The summed E-state index contributed by atoms with van der Waals surface area (Å²) in [6, 6.07) is 7.31. The fourth-order valence-electron chi connectivity index (χ4n) is 2.46. The van der Waals surface area contributed by atoms with Crippen molar-refractivity contribution < 1.29 is 14.6 Å². The molecule has 1 heterocycles. The molecule has 1 N–H and O–H groups in total. The molecule has 1 aromatic carbocycles. The number of piperidine rings is 1. The lowest BCUT2D eigenvalue weighted by molar-refractivity contribution is -0.136. The van der Waals surface area contributed by atoms with Crippen molar-refractivity contribution in [3.05, 3.63) is 29.8 Å². The van der Waals surface area contributed by atoms with Crippen LogP contribution in [0.25, 0.3) is 0 Å². The van der Waals surface area contributed by atoms with Gasteiger partial charge in [-0.2, -0.15) is 0 Å². The highest BCUT2D eigenvalue weighted by Gasteiger charge is 2.15. The van der Waals surface area contributed by atoms with E-state index in [9.17, 15) is 4.79 Å². The third-order valence-corrected chi connectivity index (χ3v) is 3.83. The van der Waals surface area contributed by atoms with Crippen LogP contribution in [-0.4, -0.2) is 42.2 Å². The quantitative estimate of drug-likeness (QED) is 0.867. The molecule has 0 bridgehead atoms. The van der Waals surface area contributed by atoms with Crippen molar-refractivity contribution in [2.75, 3.05) is 26.2 Å². The number of carbonyl (C=O) groups is 1. The van der Waals surface area contributed by atoms with E-state index in [0.29, 0.717) is 6.61 Å². The van der Waals surface area contributed by atoms with E-state index in [-0.39, 0.29) is 6.42 Å². The number of rotatable bonds is 6. The molecule has 1 saturated heterocycles. The second kappa shape index (κ2) is 7.29. The van der Waals surface area contributed by atoms with Crippen molar-refractivity contribution >= 4 is 5.97 Å². The number of hydrogen-bond acceptors (Lipinski definition) is 3. The van der Waals surface area contributed by atoms with Gasteiger partial charge in [-0.3, -0.25) is 9.69 Å². The maximum Gasteiger partial charge on any atom is 0.307 e. The Bertz CT molecular complexity index is 422. The molecule has 1 aliphatic heterocycles. The number of carboxylic acids is 1. The lowest BCUT2D eigenvalue weighted by Gasteiger charge is -2.29. The summed E-state index contributed by atoms with van der Waals surface area (Å²) < 4.78 is 5.71. The Kier molecular flexibility index (Phi) is 5.41. The van der Waals surface area contributed by atoms with Gasteiger partial charge in [-0.15, -0.1) is 0 Å². The first-order valence-corrected chi connectivity index (χ1v) is 7.29. The Morgan fingerprint density at radius 3 is 2.55 bits per heavy atom. The maximum absolute atomic E-state index is 10.6. The zero-order valence-corrected chi connectivity index (χ0v) is 12.0. The minimum absolute atomic E-state index is 0.0617. The van der Waals surface area contributed by atoms with E-state index in [2.05, 4.69) is 11.8 Å². The van der Waals surface area contributed by atoms with Gasteiger partial charge in [-0.1, -0.05) is 19.1 Å². The molecular weight excluding hydrogens is 254 g/mol. The number of ether oxygens (including phenoxy) is 1. The van der Waals surface area contributed by atoms with Crippen LogP contribution in [0.5, 0.6) is 5.75 Å². The summed E-state index contributed by atoms with van der Waals surface area (Å²) in [4.78, 5) is 13.0. The fraction of sp³-hybridized carbons (Fsp3) is 0.562. The fourth-order valence-corrected chi connectivity index (χ4v) is 2.46. The first-order chi connectivity index (χ1) is 9.63. The Morgan fingerprint density at radius 2 is 1.95 bits per heavy atom. The molecule has 1 aromatic rings. The zero-order valence-electron chi connectivity index (χ0n) is 12.0. The van der Waals surface area contributed by atoms with Gasteiger partial charge in [-0.05, 0) is 49.5 Å². The van der Waals surface area contributed by atoms with Gasteiger partial charge in [0.1, 0.15) is 12.4 Å². The zero-order chi connectivity index (χ0) is 14.4. The standard InChI is InChI=1S/C16H23NO3/c1-13-6-8-17(9-7-13)10-11-20-15-4-2-14(3-5-15)12-16(18)19/h2-5,13H,6-12H2,1H3,(H,18,19). The second-order valence-corrected chi connectivity index (χ2v) is 5.59. The van der Waals surface area contributed by atoms with Crippen LogP contribution >= 0.6 is 0 Å². The third-order valence-electron chi connectivity index (χ3n) is 3.83. The van der Waals surface area contributed by atoms with E-state index < -0.39 is 5.97 Å². The van der Waals surface area contributed by atoms with Crippen LogP contribution in [0, 0.1) is 5.92 Å². The predicted octanol–water partition coefficient (Wildman–Crippen LogP) is 2.42. The number of hydrogen-bond donors (Lipinski definition) is 1. The molecule has 0 saturated carbocycles. The van der Waals surface area contributed by atoms with Gasteiger partial charge in [0.2, 0.25) is 0 Å². The maximum atomic E-state index is 10.6. The average Bonchev–Trinajstić information content (AvgIpc) is 2.42. The van der Waals surface area contributed by atoms with Crippen molar-refractivity contribution in [1.82, 2.24) is 4.90 Å². The molecule has 0 aliphatic carbocycles. The molecule has 110 valence electrons. The highest BCUT2D eigenvalue weighted by molar-refractivity contribution is 5.70. The van der Waals surface area contributed by atoms with Crippen LogP contribution in [0.3, 0.4) is 0 Å². The van der Waals surface area contributed by atoms with Crippen LogP contribution in [-0.2, 0) is 11.2 Å². The monoisotopic (exact) mass is 277 g/mol. The molecule has 4 nitrogen and oxygen atoms in total. The van der Waals surface area contributed by atoms with Crippen LogP contribution in [0.15, 0.2) is 24.3 Å². The highest BCUT2D eigenvalue weighted by Crippen LogP contribution is 2.16. The van der Waals surface area contributed by atoms with Crippen LogP contribution < -0.4 is 4.74 Å². The van der Waals surface area contributed by atoms with Crippen LogP contribution in [0.1, 0.15) is 25.3 Å². The summed E-state index contributed by atoms with van der Waals surface area (Å²) >= 11 is 0. The summed E-state index contributed by atoms with van der Waals surface area (Å²) in [5.74, 6) is 0.858. The Balaban J connectivity index is 1.70. The number of benzene rings is 1. The van der Waals surface area contributed by atoms with Crippen LogP contribution in [0.4, 0.5) is 0 Å². The smallest absolute Gasteiger partial charge is 0.307 e.